The molecular weight excluding hydrogens is 266 g/mol. The van der Waals surface area contributed by atoms with E-state index in [9.17, 15) is 14.7 Å². The molecule has 2 rings (SSSR count). The lowest BCUT2D eigenvalue weighted by molar-refractivity contribution is -0.119. The summed E-state index contributed by atoms with van der Waals surface area (Å²) in [6, 6.07) is 0. The summed E-state index contributed by atoms with van der Waals surface area (Å²) in [6.07, 6.45) is 1.34. The van der Waals surface area contributed by atoms with Gasteiger partial charge in [-0.3, -0.25) is 4.79 Å². The number of aryl methyl sites for hydroxylation is 1. The van der Waals surface area contributed by atoms with Crippen LogP contribution in [0.15, 0.2) is 0 Å². The highest BCUT2D eigenvalue weighted by Gasteiger charge is 2.27. The lowest BCUT2D eigenvalue weighted by Gasteiger charge is -2.08. The molecule has 1 amide bonds. The zero-order valence-electron chi connectivity index (χ0n) is 11.0. The van der Waals surface area contributed by atoms with Gasteiger partial charge >= 0.3 is 5.97 Å². The molecule has 5 nitrogen and oxygen atoms in total. The first-order chi connectivity index (χ1) is 9.04. The van der Waals surface area contributed by atoms with Gasteiger partial charge in [-0.2, -0.15) is 0 Å². The van der Waals surface area contributed by atoms with Gasteiger partial charge in [0, 0.05) is 11.5 Å². The topological polar surface area (TPSA) is 75.6 Å². The number of hydrogen-bond acceptors (Lipinski definition) is 4. The molecule has 0 spiro atoms. The average Bonchev–Trinajstić information content (AvgIpc) is 2.96. The SMILES string of the molecule is CCc1c(C)sc(NC(=O)C2CCOC2)c1C(=O)O. The van der Waals surface area contributed by atoms with Crippen molar-refractivity contribution < 1.29 is 19.4 Å². The molecule has 1 saturated heterocycles. The van der Waals surface area contributed by atoms with E-state index in [-0.39, 0.29) is 17.4 Å². The van der Waals surface area contributed by atoms with Crippen molar-refractivity contribution in [2.75, 3.05) is 18.5 Å². The van der Waals surface area contributed by atoms with Crippen molar-refractivity contribution in [1.82, 2.24) is 0 Å². The molecule has 6 heteroatoms. The van der Waals surface area contributed by atoms with Crippen molar-refractivity contribution in [3.8, 4) is 0 Å². The first kappa shape index (κ1) is 14.0. The number of nitrogens with one attached hydrogen (secondary N) is 1. The second-order valence-electron chi connectivity index (χ2n) is 4.55. The normalized spacial score (nSPS) is 18.5. The number of carboxylic acids is 1. The Labute approximate surface area is 115 Å². The molecule has 1 aliphatic rings. The maximum Gasteiger partial charge on any atom is 0.339 e. The molecule has 0 saturated carbocycles. The molecule has 1 aromatic rings. The van der Waals surface area contributed by atoms with Crippen LogP contribution in [0.3, 0.4) is 0 Å². The van der Waals surface area contributed by atoms with Crippen LogP contribution in [-0.4, -0.2) is 30.2 Å². The number of carbonyl (C=O) groups is 2. The summed E-state index contributed by atoms with van der Waals surface area (Å²) < 4.78 is 5.17. The molecule has 1 unspecified atom stereocenters. The van der Waals surface area contributed by atoms with E-state index in [4.69, 9.17) is 4.74 Å². The fraction of sp³-hybridized carbons (Fsp3) is 0.538. The van der Waals surface area contributed by atoms with Crippen LogP contribution in [0.25, 0.3) is 0 Å². The van der Waals surface area contributed by atoms with Crippen LogP contribution in [0.5, 0.6) is 0 Å². The van der Waals surface area contributed by atoms with Gasteiger partial charge in [0.1, 0.15) is 5.00 Å². The summed E-state index contributed by atoms with van der Waals surface area (Å²) in [5, 5.41) is 12.5. The molecular formula is C13H17NO4S. The minimum atomic E-state index is -0.987. The number of anilines is 1. The molecule has 0 radical (unpaired) electrons. The van der Waals surface area contributed by atoms with Crippen molar-refractivity contribution in [2.45, 2.75) is 26.7 Å². The number of amides is 1. The van der Waals surface area contributed by atoms with E-state index in [1.54, 1.807) is 0 Å². The number of thiophene rings is 1. The van der Waals surface area contributed by atoms with E-state index in [0.717, 1.165) is 10.4 Å². The number of carboxylic acid groups (broad SMARTS) is 1. The van der Waals surface area contributed by atoms with Crippen LogP contribution in [0.4, 0.5) is 5.00 Å². The van der Waals surface area contributed by atoms with E-state index >= 15 is 0 Å². The Morgan fingerprint density at radius 3 is 2.79 bits per heavy atom. The van der Waals surface area contributed by atoms with Gasteiger partial charge in [-0.25, -0.2) is 4.79 Å². The fourth-order valence-corrected chi connectivity index (χ4v) is 3.41. The largest absolute Gasteiger partial charge is 0.478 e. The van der Waals surface area contributed by atoms with Crippen LogP contribution in [0.2, 0.25) is 0 Å². The fourth-order valence-electron chi connectivity index (χ4n) is 2.27. The van der Waals surface area contributed by atoms with Gasteiger partial charge < -0.3 is 15.2 Å². The highest BCUT2D eigenvalue weighted by atomic mass is 32.1. The lowest BCUT2D eigenvalue weighted by atomic mass is 10.1. The Morgan fingerprint density at radius 2 is 2.26 bits per heavy atom. The average molecular weight is 283 g/mol. The van der Waals surface area contributed by atoms with E-state index < -0.39 is 5.97 Å². The first-order valence-electron chi connectivity index (χ1n) is 6.28. The molecule has 0 bridgehead atoms. The molecule has 1 fully saturated rings. The molecule has 19 heavy (non-hydrogen) atoms. The lowest BCUT2D eigenvalue weighted by Crippen LogP contribution is -2.23. The zero-order chi connectivity index (χ0) is 14.0. The number of hydrogen-bond donors (Lipinski definition) is 2. The maximum atomic E-state index is 12.0. The number of ether oxygens (including phenoxy) is 1. The van der Waals surface area contributed by atoms with Crippen LogP contribution in [0.1, 0.15) is 34.1 Å². The second-order valence-corrected chi connectivity index (χ2v) is 5.77. The summed E-state index contributed by atoms with van der Waals surface area (Å²) >= 11 is 1.33. The molecule has 1 aromatic heterocycles. The quantitative estimate of drug-likeness (QED) is 0.889. The molecule has 0 aromatic carbocycles. The summed E-state index contributed by atoms with van der Waals surface area (Å²) in [6.45, 7) is 4.80. The minimum absolute atomic E-state index is 0.149. The van der Waals surface area contributed by atoms with Gasteiger partial charge in [0.25, 0.3) is 0 Å². The Hall–Kier alpha value is -1.40. The van der Waals surface area contributed by atoms with Gasteiger partial charge in [0.05, 0.1) is 18.1 Å². The second kappa shape index (κ2) is 5.71. The molecule has 104 valence electrons. The van der Waals surface area contributed by atoms with E-state index in [2.05, 4.69) is 5.32 Å². The molecule has 2 N–H and O–H groups in total. The molecule has 1 aliphatic heterocycles. The highest BCUT2D eigenvalue weighted by molar-refractivity contribution is 7.16. The standard InChI is InChI=1S/C13H17NO4S/c1-3-9-7(2)19-12(10(9)13(16)17)14-11(15)8-4-5-18-6-8/h8H,3-6H2,1-2H3,(H,14,15)(H,16,17). The third kappa shape index (κ3) is 2.79. The maximum absolute atomic E-state index is 12.0. The third-order valence-corrected chi connectivity index (χ3v) is 4.38. The first-order valence-corrected chi connectivity index (χ1v) is 7.10. The van der Waals surface area contributed by atoms with Gasteiger partial charge in [0.2, 0.25) is 5.91 Å². The smallest absolute Gasteiger partial charge is 0.339 e. The number of rotatable bonds is 4. The predicted molar refractivity (Wildman–Crippen MR) is 72.9 cm³/mol. The van der Waals surface area contributed by atoms with Crippen molar-refractivity contribution in [3.63, 3.8) is 0 Å². The van der Waals surface area contributed by atoms with E-state index in [1.165, 1.54) is 11.3 Å². The van der Waals surface area contributed by atoms with Gasteiger partial charge in [0.15, 0.2) is 0 Å². The summed E-state index contributed by atoms with van der Waals surface area (Å²) in [7, 11) is 0. The number of carbonyl (C=O) groups excluding carboxylic acids is 1. The summed E-state index contributed by atoms with van der Waals surface area (Å²) in [4.78, 5) is 24.3. The highest BCUT2D eigenvalue weighted by Crippen LogP contribution is 2.34. The van der Waals surface area contributed by atoms with Crippen molar-refractivity contribution >= 4 is 28.2 Å². The minimum Gasteiger partial charge on any atom is -0.478 e. The Balaban J connectivity index is 2.24. The molecule has 2 heterocycles. The molecule has 1 atom stereocenters. The summed E-state index contributed by atoms with van der Waals surface area (Å²) in [5.41, 5.74) is 1.03. The van der Waals surface area contributed by atoms with Crippen LogP contribution in [0, 0.1) is 12.8 Å². The van der Waals surface area contributed by atoms with E-state index in [1.807, 2.05) is 13.8 Å². The van der Waals surface area contributed by atoms with Crippen LogP contribution >= 0.6 is 11.3 Å². The van der Waals surface area contributed by atoms with Crippen molar-refractivity contribution in [3.05, 3.63) is 16.0 Å². The third-order valence-electron chi connectivity index (χ3n) is 3.31. The Kier molecular flexibility index (Phi) is 4.21. The zero-order valence-corrected chi connectivity index (χ0v) is 11.8. The van der Waals surface area contributed by atoms with Crippen molar-refractivity contribution in [2.24, 2.45) is 5.92 Å². The van der Waals surface area contributed by atoms with E-state index in [0.29, 0.717) is 31.1 Å². The Morgan fingerprint density at radius 1 is 1.53 bits per heavy atom. The van der Waals surface area contributed by atoms with Crippen LogP contribution < -0.4 is 5.32 Å². The summed E-state index contributed by atoms with van der Waals surface area (Å²) in [5.74, 6) is -1.31. The number of aromatic carboxylic acids is 1. The van der Waals surface area contributed by atoms with Gasteiger partial charge in [-0.15, -0.1) is 11.3 Å². The van der Waals surface area contributed by atoms with Crippen LogP contribution in [-0.2, 0) is 16.0 Å². The van der Waals surface area contributed by atoms with Gasteiger partial charge in [-0.05, 0) is 25.3 Å². The van der Waals surface area contributed by atoms with Gasteiger partial charge in [-0.1, -0.05) is 6.92 Å². The monoisotopic (exact) mass is 283 g/mol. The van der Waals surface area contributed by atoms with Crippen molar-refractivity contribution in [1.29, 1.82) is 0 Å². The predicted octanol–water partition coefficient (Wildman–Crippen LogP) is 2.29. The Bertz CT molecular complexity index is 503. The molecule has 0 aliphatic carbocycles.